The van der Waals surface area contributed by atoms with Gasteiger partial charge in [0, 0.05) is 11.0 Å². The zero-order chi connectivity index (χ0) is 14.6. The van der Waals surface area contributed by atoms with Crippen molar-refractivity contribution in [3.8, 4) is 0 Å². The maximum atomic E-state index is 11.9. The maximum Gasteiger partial charge on any atom is 0.309 e. The van der Waals surface area contributed by atoms with Crippen molar-refractivity contribution in [2.45, 2.75) is 20.3 Å². The highest BCUT2D eigenvalue weighted by Gasteiger charge is 2.26. The molecular formula is C13H15BrClNO3. The summed E-state index contributed by atoms with van der Waals surface area (Å²) in [6.45, 7) is 3.52. The Morgan fingerprint density at radius 3 is 2.63 bits per heavy atom. The number of benzene rings is 1. The molecule has 104 valence electrons. The van der Waals surface area contributed by atoms with E-state index in [9.17, 15) is 9.59 Å². The van der Waals surface area contributed by atoms with Gasteiger partial charge in [0.15, 0.2) is 0 Å². The molecule has 1 aromatic carbocycles. The average Bonchev–Trinajstić information content (AvgIpc) is 2.32. The van der Waals surface area contributed by atoms with Crippen LogP contribution in [0.15, 0.2) is 22.7 Å². The van der Waals surface area contributed by atoms with E-state index in [1.807, 2.05) is 0 Å². The van der Waals surface area contributed by atoms with Gasteiger partial charge in [0.25, 0.3) is 5.91 Å². The molecule has 0 aromatic heterocycles. The Labute approximate surface area is 125 Å². The minimum atomic E-state index is -0.887. The van der Waals surface area contributed by atoms with Crippen LogP contribution in [0.4, 0.5) is 0 Å². The minimum Gasteiger partial charge on any atom is -0.481 e. The summed E-state index contributed by atoms with van der Waals surface area (Å²) in [5, 5.41) is 12.0. The number of carbonyl (C=O) groups is 2. The van der Waals surface area contributed by atoms with Crippen molar-refractivity contribution in [2.75, 3.05) is 6.54 Å². The topological polar surface area (TPSA) is 66.4 Å². The van der Waals surface area contributed by atoms with Gasteiger partial charge < -0.3 is 10.4 Å². The Hall–Kier alpha value is -1.07. The first-order valence-electron chi connectivity index (χ1n) is 5.71. The predicted octanol–water partition coefficient (Wildman–Crippen LogP) is 3.33. The van der Waals surface area contributed by atoms with Gasteiger partial charge in [0.2, 0.25) is 0 Å². The molecule has 0 heterocycles. The lowest BCUT2D eigenvalue weighted by Gasteiger charge is -2.19. The number of nitrogens with one attached hydrogen (secondary N) is 1. The number of halogens is 2. The number of hydrogen-bond donors (Lipinski definition) is 2. The molecule has 0 aliphatic heterocycles. The lowest BCUT2D eigenvalue weighted by Crippen LogP contribution is -2.32. The molecule has 0 aliphatic rings. The van der Waals surface area contributed by atoms with Crippen LogP contribution in [-0.4, -0.2) is 23.5 Å². The smallest absolute Gasteiger partial charge is 0.309 e. The molecule has 0 bridgehead atoms. The lowest BCUT2D eigenvalue weighted by molar-refractivity contribution is -0.147. The van der Waals surface area contributed by atoms with Crippen LogP contribution < -0.4 is 5.32 Å². The molecule has 0 atom stereocenters. The van der Waals surface area contributed by atoms with Crippen LogP contribution in [0.1, 0.15) is 30.6 Å². The van der Waals surface area contributed by atoms with Gasteiger partial charge in [-0.15, -0.1) is 0 Å². The Morgan fingerprint density at radius 2 is 2.05 bits per heavy atom. The van der Waals surface area contributed by atoms with Gasteiger partial charge in [0.1, 0.15) is 0 Å². The molecule has 4 nitrogen and oxygen atoms in total. The summed E-state index contributed by atoms with van der Waals surface area (Å²) in [7, 11) is 0. The summed E-state index contributed by atoms with van der Waals surface area (Å²) < 4.78 is 0.646. The molecule has 6 heteroatoms. The Bertz CT molecular complexity index is 503. The Morgan fingerprint density at radius 1 is 1.42 bits per heavy atom. The van der Waals surface area contributed by atoms with E-state index in [0.29, 0.717) is 21.5 Å². The zero-order valence-corrected chi connectivity index (χ0v) is 13.0. The van der Waals surface area contributed by atoms with Gasteiger partial charge in [-0.25, -0.2) is 0 Å². The zero-order valence-electron chi connectivity index (χ0n) is 10.7. The molecule has 0 aliphatic carbocycles. The lowest BCUT2D eigenvalue weighted by atomic mass is 9.90. The van der Waals surface area contributed by atoms with E-state index < -0.39 is 11.4 Å². The average molecular weight is 349 g/mol. The third kappa shape index (κ3) is 4.21. The number of amides is 1. The molecule has 1 rings (SSSR count). The quantitative estimate of drug-likeness (QED) is 0.857. The van der Waals surface area contributed by atoms with Crippen molar-refractivity contribution in [3.63, 3.8) is 0 Å². The highest BCUT2D eigenvalue weighted by Crippen LogP contribution is 2.26. The largest absolute Gasteiger partial charge is 0.481 e. The second-order valence-corrected chi connectivity index (χ2v) is 6.03. The van der Waals surface area contributed by atoms with E-state index >= 15 is 0 Å². The number of rotatable bonds is 5. The Balaban J connectivity index is 2.62. The molecule has 0 saturated carbocycles. The number of carboxylic acid groups (broad SMARTS) is 1. The second kappa shape index (κ2) is 6.39. The molecule has 19 heavy (non-hydrogen) atoms. The van der Waals surface area contributed by atoms with Crippen LogP contribution in [0, 0.1) is 5.41 Å². The van der Waals surface area contributed by atoms with Gasteiger partial charge >= 0.3 is 5.97 Å². The highest BCUT2D eigenvalue weighted by atomic mass is 79.9. The third-order valence-corrected chi connectivity index (χ3v) is 4.11. The van der Waals surface area contributed by atoms with Crippen molar-refractivity contribution < 1.29 is 14.7 Å². The summed E-state index contributed by atoms with van der Waals surface area (Å²) in [6, 6.07) is 5.07. The van der Waals surface area contributed by atoms with Gasteiger partial charge in [-0.05, 0) is 48.3 Å². The molecular weight excluding hydrogens is 334 g/mol. The number of hydrogen-bond acceptors (Lipinski definition) is 2. The van der Waals surface area contributed by atoms with Crippen molar-refractivity contribution in [1.82, 2.24) is 5.32 Å². The van der Waals surface area contributed by atoms with Crippen molar-refractivity contribution in [2.24, 2.45) is 5.41 Å². The van der Waals surface area contributed by atoms with Crippen LogP contribution in [0.5, 0.6) is 0 Å². The van der Waals surface area contributed by atoms with Gasteiger partial charge in [-0.3, -0.25) is 9.59 Å². The normalized spacial score (nSPS) is 11.2. The standard InChI is InChI=1S/C13H15BrClNO3/c1-13(2,12(18)19)6-7-16-11(17)8-4-3-5-9(14)10(8)15/h3-5H,6-7H2,1-2H3,(H,16,17)(H,18,19). The van der Waals surface area contributed by atoms with Crippen LogP contribution in [0.2, 0.25) is 5.02 Å². The maximum absolute atomic E-state index is 11.9. The van der Waals surface area contributed by atoms with Crippen LogP contribution in [0.25, 0.3) is 0 Å². The molecule has 0 spiro atoms. The fraction of sp³-hybridized carbons (Fsp3) is 0.385. The minimum absolute atomic E-state index is 0.279. The molecule has 0 radical (unpaired) electrons. The summed E-state index contributed by atoms with van der Waals surface area (Å²) in [5.41, 5.74) is -0.502. The first kappa shape index (κ1) is 16.0. The third-order valence-electron chi connectivity index (χ3n) is 2.81. The summed E-state index contributed by atoms with van der Waals surface area (Å²) in [4.78, 5) is 22.8. The number of carbonyl (C=O) groups excluding carboxylic acids is 1. The van der Waals surface area contributed by atoms with Crippen molar-refractivity contribution in [1.29, 1.82) is 0 Å². The molecule has 1 aromatic rings. The van der Waals surface area contributed by atoms with Gasteiger partial charge in [-0.1, -0.05) is 17.7 Å². The molecule has 0 fully saturated rings. The van der Waals surface area contributed by atoms with Gasteiger partial charge in [0.05, 0.1) is 16.0 Å². The highest BCUT2D eigenvalue weighted by molar-refractivity contribution is 9.10. The molecule has 1 amide bonds. The predicted molar refractivity (Wildman–Crippen MR) is 77.5 cm³/mol. The van der Waals surface area contributed by atoms with Crippen LogP contribution in [0.3, 0.4) is 0 Å². The van der Waals surface area contributed by atoms with Gasteiger partial charge in [-0.2, -0.15) is 0 Å². The SMILES string of the molecule is CC(C)(CCNC(=O)c1cccc(Br)c1Cl)C(=O)O. The number of aliphatic carboxylic acids is 1. The second-order valence-electron chi connectivity index (χ2n) is 4.80. The summed E-state index contributed by atoms with van der Waals surface area (Å²) >= 11 is 9.25. The van der Waals surface area contributed by atoms with E-state index in [1.165, 1.54) is 0 Å². The first-order chi connectivity index (χ1) is 8.75. The van der Waals surface area contributed by atoms with E-state index in [1.54, 1.807) is 32.0 Å². The summed E-state index contributed by atoms with van der Waals surface area (Å²) in [6.07, 6.45) is 0.347. The van der Waals surface area contributed by atoms with Crippen molar-refractivity contribution in [3.05, 3.63) is 33.3 Å². The van der Waals surface area contributed by atoms with Crippen LogP contribution >= 0.6 is 27.5 Å². The van der Waals surface area contributed by atoms with Crippen LogP contribution in [-0.2, 0) is 4.79 Å². The van der Waals surface area contributed by atoms with E-state index in [0.717, 1.165) is 0 Å². The Kier molecular flexibility index (Phi) is 5.38. The summed E-state index contributed by atoms with van der Waals surface area (Å²) in [5.74, 6) is -1.20. The molecule has 0 saturated heterocycles. The fourth-order valence-electron chi connectivity index (χ4n) is 1.37. The number of carboxylic acids is 1. The first-order valence-corrected chi connectivity index (χ1v) is 6.88. The molecule has 2 N–H and O–H groups in total. The fourth-order valence-corrected chi connectivity index (χ4v) is 1.95. The van der Waals surface area contributed by atoms with E-state index in [-0.39, 0.29) is 12.5 Å². The van der Waals surface area contributed by atoms with E-state index in [4.69, 9.17) is 16.7 Å². The van der Waals surface area contributed by atoms with E-state index in [2.05, 4.69) is 21.2 Å². The molecule has 0 unspecified atom stereocenters. The van der Waals surface area contributed by atoms with Crippen molar-refractivity contribution >= 4 is 39.4 Å². The monoisotopic (exact) mass is 347 g/mol.